The van der Waals surface area contributed by atoms with Crippen LogP contribution in [0.2, 0.25) is 0 Å². The number of thiophene rings is 1. The molecule has 1 aliphatic carbocycles. The number of hydrogen-bond donors (Lipinski definition) is 1. The summed E-state index contributed by atoms with van der Waals surface area (Å²) in [6.45, 7) is 4.52. The zero-order valence-electron chi connectivity index (χ0n) is 18.8. The molecule has 1 saturated heterocycles. The number of aryl methyl sites for hydroxylation is 2. The first-order chi connectivity index (χ1) is 15.4. The first-order valence-corrected chi connectivity index (χ1v) is 13.4. The number of piperidine rings is 1. The Hall–Kier alpha value is -1.87. The predicted molar refractivity (Wildman–Crippen MR) is 128 cm³/mol. The third kappa shape index (κ3) is 4.46. The molecular weight excluding hydrogens is 446 g/mol. The fourth-order valence-electron chi connectivity index (χ4n) is 4.74. The Balaban J connectivity index is 1.66. The highest BCUT2D eigenvalue weighted by Crippen LogP contribution is 2.35. The van der Waals surface area contributed by atoms with Crippen LogP contribution in [0.4, 0.5) is 0 Å². The first kappa shape index (κ1) is 23.3. The van der Waals surface area contributed by atoms with Crippen LogP contribution in [-0.2, 0) is 22.4 Å². The van der Waals surface area contributed by atoms with Crippen molar-refractivity contribution in [1.82, 2.24) is 14.5 Å². The molecule has 4 rings (SSSR count). The number of carbonyl (C=O) groups is 2. The lowest BCUT2D eigenvalue weighted by Crippen LogP contribution is -2.48. The van der Waals surface area contributed by atoms with E-state index in [2.05, 4.69) is 0 Å². The molecular formula is C23H31N3O4S2. The number of aromatic nitrogens is 2. The second-order valence-electron chi connectivity index (χ2n) is 8.80. The Morgan fingerprint density at radius 2 is 2.00 bits per heavy atom. The van der Waals surface area contributed by atoms with Crippen LogP contribution >= 0.6 is 23.1 Å². The van der Waals surface area contributed by atoms with Crippen molar-refractivity contribution >= 4 is 45.2 Å². The van der Waals surface area contributed by atoms with E-state index in [0.717, 1.165) is 55.2 Å². The lowest BCUT2D eigenvalue weighted by Gasteiger charge is -2.32. The zero-order chi connectivity index (χ0) is 22.8. The zero-order valence-corrected chi connectivity index (χ0v) is 20.4. The van der Waals surface area contributed by atoms with Gasteiger partial charge in [0.1, 0.15) is 10.9 Å². The van der Waals surface area contributed by atoms with Gasteiger partial charge in [0.15, 0.2) is 5.16 Å². The maximum atomic E-state index is 13.6. The van der Waals surface area contributed by atoms with E-state index in [1.54, 1.807) is 15.9 Å². The van der Waals surface area contributed by atoms with E-state index in [9.17, 15) is 19.5 Å². The second-order valence-corrected chi connectivity index (χ2v) is 10.8. The monoisotopic (exact) mass is 477 g/mol. The molecule has 2 aliphatic rings. The van der Waals surface area contributed by atoms with Crippen molar-refractivity contribution in [3.05, 3.63) is 20.8 Å². The summed E-state index contributed by atoms with van der Waals surface area (Å²) in [4.78, 5) is 46.5. The second kappa shape index (κ2) is 9.95. The Morgan fingerprint density at radius 1 is 1.22 bits per heavy atom. The fraction of sp³-hybridized carbons (Fsp3) is 0.652. The van der Waals surface area contributed by atoms with Crippen LogP contribution in [0.1, 0.15) is 75.3 Å². The quantitative estimate of drug-likeness (QED) is 0.380. The van der Waals surface area contributed by atoms with Gasteiger partial charge in [-0.25, -0.2) is 9.78 Å². The highest BCUT2D eigenvalue weighted by atomic mass is 32.2. The Labute approximate surface area is 196 Å². The molecule has 0 bridgehead atoms. The standard InChI is InChI=1S/C23H31N3O4S2/c1-3-14(2)26-21(28)19-15-9-5-4-6-11-17(15)32-20(19)24-23(26)31-13-18(27)25-12-8-7-10-16(25)22(29)30/h14,16H,3-13H2,1-2H3,(H,29,30)/t14-,16+/m1/s1. The largest absolute Gasteiger partial charge is 0.480 e. The van der Waals surface area contributed by atoms with Crippen LogP contribution in [0.25, 0.3) is 10.2 Å². The topological polar surface area (TPSA) is 92.5 Å². The van der Waals surface area contributed by atoms with E-state index in [1.807, 2.05) is 13.8 Å². The predicted octanol–water partition coefficient (Wildman–Crippen LogP) is 4.26. The number of hydrogen-bond acceptors (Lipinski definition) is 6. The van der Waals surface area contributed by atoms with Crippen LogP contribution in [0, 0.1) is 0 Å². The smallest absolute Gasteiger partial charge is 0.326 e. The third-order valence-corrected chi connectivity index (χ3v) is 8.83. The highest BCUT2D eigenvalue weighted by Gasteiger charge is 2.32. The van der Waals surface area contributed by atoms with Gasteiger partial charge >= 0.3 is 5.97 Å². The molecule has 174 valence electrons. The molecule has 0 radical (unpaired) electrons. The summed E-state index contributed by atoms with van der Waals surface area (Å²) in [6, 6.07) is -0.780. The van der Waals surface area contributed by atoms with Gasteiger partial charge in [0.25, 0.3) is 5.56 Å². The number of likely N-dealkylation sites (tertiary alicyclic amines) is 1. The van der Waals surface area contributed by atoms with E-state index in [4.69, 9.17) is 4.98 Å². The normalized spacial score (nSPS) is 20.1. The van der Waals surface area contributed by atoms with Crippen LogP contribution in [0.5, 0.6) is 0 Å². The van der Waals surface area contributed by atoms with Crippen molar-refractivity contribution in [2.45, 2.75) is 88.9 Å². The van der Waals surface area contributed by atoms with Gasteiger partial charge in [-0.3, -0.25) is 14.2 Å². The fourth-order valence-corrected chi connectivity index (χ4v) is 7.03. The van der Waals surface area contributed by atoms with Crippen molar-refractivity contribution in [1.29, 1.82) is 0 Å². The van der Waals surface area contributed by atoms with Gasteiger partial charge < -0.3 is 10.0 Å². The molecule has 1 amide bonds. The number of rotatable bonds is 6. The number of nitrogens with zero attached hydrogens (tertiary/aromatic N) is 3. The van der Waals surface area contributed by atoms with E-state index in [1.165, 1.54) is 33.5 Å². The molecule has 32 heavy (non-hydrogen) atoms. The molecule has 1 N–H and O–H groups in total. The Kier molecular flexibility index (Phi) is 7.24. The number of carboxylic acids is 1. The SMILES string of the molecule is CC[C@@H](C)n1c(SCC(=O)N2CCCC[C@H]2C(=O)O)nc2sc3c(c2c1=O)CCCCC3. The molecule has 0 spiro atoms. The highest BCUT2D eigenvalue weighted by molar-refractivity contribution is 7.99. The minimum atomic E-state index is -0.945. The molecule has 7 nitrogen and oxygen atoms in total. The summed E-state index contributed by atoms with van der Waals surface area (Å²) in [6.07, 6.45) is 8.31. The van der Waals surface area contributed by atoms with Crippen molar-refractivity contribution in [3.63, 3.8) is 0 Å². The number of carbonyl (C=O) groups excluding carboxylic acids is 1. The maximum Gasteiger partial charge on any atom is 0.326 e. The summed E-state index contributed by atoms with van der Waals surface area (Å²) in [5.41, 5.74) is 1.18. The van der Waals surface area contributed by atoms with E-state index < -0.39 is 12.0 Å². The van der Waals surface area contributed by atoms with E-state index in [0.29, 0.717) is 18.1 Å². The Bertz CT molecular complexity index is 1080. The summed E-state index contributed by atoms with van der Waals surface area (Å²) in [5.74, 6) is -1.06. The molecule has 3 heterocycles. The van der Waals surface area contributed by atoms with Crippen LogP contribution in [0.15, 0.2) is 9.95 Å². The molecule has 2 atom stereocenters. The average molecular weight is 478 g/mol. The molecule has 0 saturated carbocycles. The summed E-state index contributed by atoms with van der Waals surface area (Å²) >= 11 is 2.88. The summed E-state index contributed by atoms with van der Waals surface area (Å²) in [7, 11) is 0. The summed E-state index contributed by atoms with van der Waals surface area (Å²) < 4.78 is 1.75. The molecule has 1 aliphatic heterocycles. The number of thioether (sulfide) groups is 1. The number of amides is 1. The van der Waals surface area contributed by atoms with Gasteiger partial charge in [-0.05, 0) is 63.9 Å². The molecule has 0 aromatic carbocycles. The van der Waals surface area contributed by atoms with Crippen molar-refractivity contribution in [3.8, 4) is 0 Å². The molecule has 1 fully saturated rings. The van der Waals surface area contributed by atoms with E-state index >= 15 is 0 Å². The number of aliphatic carboxylic acids is 1. The van der Waals surface area contributed by atoms with E-state index in [-0.39, 0.29) is 23.3 Å². The Morgan fingerprint density at radius 3 is 2.75 bits per heavy atom. The lowest BCUT2D eigenvalue weighted by atomic mass is 10.0. The van der Waals surface area contributed by atoms with Gasteiger partial charge in [-0.15, -0.1) is 11.3 Å². The minimum absolute atomic E-state index is 0.0000778. The van der Waals surface area contributed by atoms with Gasteiger partial charge in [0.2, 0.25) is 5.91 Å². The van der Waals surface area contributed by atoms with Gasteiger partial charge in [0.05, 0.1) is 11.1 Å². The van der Waals surface area contributed by atoms with Crippen LogP contribution < -0.4 is 5.56 Å². The van der Waals surface area contributed by atoms with Crippen molar-refractivity contribution in [2.75, 3.05) is 12.3 Å². The lowest BCUT2D eigenvalue weighted by molar-refractivity contribution is -0.150. The van der Waals surface area contributed by atoms with Gasteiger partial charge in [-0.2, -0.15) is 0 Å². The average Bonchev–Trinajstić information content (AvgIpc) is 2.98. The first-order valence-electron chi connectivity index (χ1n) is 11.6. The molecule has 9 heteroatoms. The number of fused-ring (bicyclic) bond motifs is 3. The van der Waals surface area contributed by atoms with Gasteiger partial charge in [-0.1, -0.05) is 25.1 Å². The molecule has 2 aromatic heterocycles. The van der Waals surface area contributed by atoms with Crippen LogP contribution in [-0.4, -0.2) is 49.8 Å². The molecule has 2 aromatic rings. The number of carboxylic acid groups (broad SMARTS) is 1. The third-order valence-electron chi connectivity index (χ3n) is 6.70. The van der Waals surface area contributed by atoms with Crippen LogP contribution in [0.3, 0.4) is 0 Å². The van der Waals surface area contributed by atoms with Crippen molar-refractivity contribution in [2.24, 2.45) is 0 Å². The van der Waals surface area contributed by atoms with Crippen molar-refractivity contribution < 1.29 is 14.7 Å². The van der Waals surface area contributed by atoms with Gasteiger partial charge in [0, 0.05) is 17.5 Å². The molecule has 0 unspecified atom stereocenters. The minimum Gasteiger partial charge on any atom is -0.480 e. The maximum absolute atomic E-state index is 13.6. The summed E-state index contributed by atoms with van der Waals surface area (Å²) in [5, 5.41) is 10.8.